The van der Waals surface area contributed by atoms with E-state index in [-0.39, 0.29) is 5.92 Å². The average Bonchev–Trinajstić information content (AvgIpc) is 3.03. The van der Waals surface area contributed by atoms with Gasteiger partial charge in [0.2, 0.25) is 0 Å². The highest BCUT2D eigenvalue weighted by Crippen LogP contribution is 2.51. The Bertz CT molecular complexity index is 556. The fourth-order valence-corrected chi connectivity index (χ4v) is 3.72. The summed E-state index contributed by atoms with van der Waals surface area (Å²) in [6.07, 6.45) is 1.19. The van der Waals surface area contributed by atoms with E-state index in [1.165, 1.54) is 6.26 Å². The van der Waals surface area contributed by atoms with Crippen LogP contribution in [0.15, 0.2) is 24.3 Å². The SMILES string of the molecule is COc1ccc([C@@H]2[C@@H](C#N)[C@H]2S(C)(=O)=O)cc1. The van der Waals surface area contributed by atoms with Crippen LogP contribution in [0.1, 0.15) is 11.5 Å². The maximum absolute atomic E-state index is 11.5. The number of ether oxygens (including phenoxy) is 1. The van der Waals surface area contributed by atoms with Gasteiger partial charge in [-0.05, 0) is 17.7 Å². The van der Waals surface area contributed by atoms with Gasteiger partial charge in [0.1, 0.15) is 5.75 Å². The van der Waals surface area contributed by atoms with Crippen LogP contribution in [0.4, 0.5) is 0 Å². The van der Waals surface area contributed by atoms with Crippen LogP contribution in [-0.2, 0) is 9.84 Å². The molecule has 4 nitrogen and oxygen atoms in total. The Morgan fingerprint density at radius 1 is 1.29 bits per heavy atom. The Labute approximate surface area is 101 Å². The molecule has 0 saturated heterocycles. The Hall–Kier alpha value is -1.54. The van der Waals surface area contributed by atoms with Crippen LogP contribution < -0.4 is 4.74 Å². The largest absolute Gasteiger partial charge is 0.497 e. The Balaban J connectivity index is 2.27. The number of benzene rings is 1. The minimum absolute atomic E-state index is 0.194. The Kier molecular flexibility index (Phi) is 2.84. The molecule has 1 saturated carbocycles. The molecule has 5 heteroatoms. The van der Waals surface area contributed by atoms with E-state index in [1.807, 2.05) is 12.1 Å². The minimum atomic E-state index is -3.16. The second-order valence-corrected chi connectivity index (χ2v) is 6.45. The van der Waals surface area contributed by atoms with Gasteiger partial charge in [0.25, 0.3) is 0 Å². The molecule has 0 amide bonds. The lowest BCUT2D eigenvalue weighted by molar-refractivity contribution is 0.414. The molecule has 0 heterocycles. The zero-order chi connectivity index (χ0) is 12.6. The third kappa shape index (κ3) is 2.13. The van der Waals surface area contributed by atoms with E-state index in [0.29, 0.717) is 0 Å². The van der Waals surface area contributed by atoms with E-state index < -0.39 is 21.0 Å². The molecule has 17 heavy (non-hydrogen) atoms. The molecule has 0 spiro atoms. The maximum Gasteiger partial charge on any atom is 0.152 e. The lowest BCUT2D eigenvalue weighted by Crippen LogP contribution is -2.06. The lowest BCUT2D eigenvalue weighted by atomic mass is 10.1. The number of sulfone groups is 1. The zero-order valence-corrected chi connectivity index (χ0v) is 10.4. The van der Waals surface area contributed by atoms with Crippen molar-refractivity contribution in [2.75, 3.05) is 13.4 Å². The van der Waals surface area contributed by atoms with Gasteiger partial charge in [0.05, 0.1) is 24.3 Å². The van der Waals surface area contributed by atoms with Crippen molar-refractivity contribution in [2.24, 2.45) is 5.92 Å². The number of hydrogen-bond acceptors (Lipinski definition) is 4. The predicted molar refractivity (Wildman–Crippen MR) is 63.5 cm³/mol. The van der Waals surface area contributed by atoms with Gasteiger partial charge < -0.3 is 4.74 Å². The van der Waals surface area contributed by atoms with Crippen molar-refractivity contribution < 1.29 is 13.2 Å². The molecule has 1 aromatic carbocycles. The second kappa shape index (κ2) is 4.04. The Morgan fingerprint density at radius 3 is 2.24 bits per heavy atom. The molecule has 1 aliphatic carbocycles. The first-order valence-corrected chi connectivity index (χ1v) is 7.17. The fourth-order valence-electron chi connectivity index (χ4n) is 2.19. The molecule has 0 radical (unpaired) electrons. The average molecular weight is 251 g/mol. The van der Waals surface area contributed by atoms with E-state index in [1.54, 1.807) is 19.2 Å². The predicted octanol–water partition coefficient (Wildman–Crippen LogP) is 1.35. The minimum Gasteiger partial charge on any atom is -0.497 e. The molecule has 0 unspecified atom stereocenters. The van der Waals surface area contributed by atoms with Crippen molar-refractivity contribution in [3.63, 3.8) is 0 Å². The summed E-state index contributed by atoms with van der Waals surface area (Å²) in [5.74, 6) is 0.109. The summed E-state index contributed by atoms with van der Waals surface area (Å²) in [5.41, 5.74) is 0.882. The van der Waals surface area contributed by atoms with Gasteiger partial charge in [0.15, 0.2) is 9.84 Å². The van der Waals surface area contributed by atoms with Crippen molar-refractivity contribution in [3.05, 3.63) is 29.8 Å². The second-order valence-electron chi connectivity index (χ2n) is 4.25. The molecular formula is C12H13NO3S. The fraction of sp³-hybridized carbons (Fsp3) is 0.417. The quantitative estimate of drug-likeness (QED) is 0.813. The van der Waals surface area contributed by atoms with Gasteiger partial charge >= 0.3 is 0 Å². The van der Waals surface area contributed by atoms with Crippen LogP contribution in [0.5, 0.6) is 5.75 Å². The van der Waals surface area contributed by atoms with Gasteiger partial charge in [-0.2, -0.15) is 5.26 Å². The highest BCUT2D eigenvalue weighted by atomic mass is 32.2. The van der Waals surface area contributed by atoms with E-state index in [4.69, 9.17) is 10.00 Å². The Morgan fingerprint density at radius 2 is 1.88 bits per heavy atom. The maximum atomic E-state index is 11.5. The summed E-state index contributed by atoms with van der Waals surface area (Å²) in [7, 11) is -1.58. The third-order valence-corrected chi connectivity index (χ3v) is 4.67. The molecule has 1 aliphatic rings. The number of hydrogen-bond donors (Lipinski definition) is 0. The molecular weight excluding hydrogens is 238 g/mol. The van der Waals surface area contributed by atoms with Crippen LogP contribution >= 0.6 is 0 Å². The van der Waals surface area contributed by atoms with E-state index in [2.05, 4.69) is 6.07 Å². The van der Waals surface area contributed by atoms with E-state index >= 15 is 0 Å². The first-order valence-electron chi connectivity index (χ1n) is 5.21. The summed E-state index contributed by atoms with van der Waals surface area (Å²) in [6, 6.07) is 9.26. The van der Waals surface area contributed by atoms with Crippen molar-refractivity contribution in [1.29, 1.82) is 5.26 Å². The van der Waals surface area contributed by atoms with Gasteiger partial charge in [-0.3, -0.25) is 0 Å². The van der Waals surface area contributed by atoms with Crippen LogP contribution in [0, 0.1) is 17.2 Å². The number of rotatable bonds is 3. The number of nitriles is 1. The van der Waals surface area contributed by atoms with Crippen molar-refractivity contribution in [3.8, 4) is 11.8 Å². The van der Waals surface area contributed by atoms with Gasteiger partial charge in [-0.25, -0.2) is 8.42 Å². The molecule has 0 aliphatic heterocycles. The lowest BCUT2D eigenvalue weighted by Gasteiger charge is -2.02. The van der Waals surface area contributed by atoms with E-state index in [0.717, 1.165) is 11.3 Å². The molecule has 0 bridgehead atoms. The van der Waals surface area contributed by atoms with Crippen LogP contribution in [0.3, 0.4) is 0 Å². The summed E-state index contributed by atoms with van der Waals surface area (Å²) in [6.45, 7) is 0. The normalized spacial score (nSPS) is 27.2. The standard InChI is InChI=1S/C12H13NO3S/c1-16-9-5-3-8(4-6-9)11-10(7-13)12(11)17(2,14)15/h3-6,10-12H,1-2H3/t10-,11-,12-/m1/s1. The highest BCUT2D eigenvalue weighted by molar-refractivity contribution is 7.91. The van der Waals surface area contributed by atoms with Crippen molar-refractivity contribution >= 4 is 9.84 Å². The molecule has 1 aromatic rings. The van der Waals surface area contributed by atoms with Crippen molar-refractivity contribution in [1.82, 2.24) is 0 Å². The molecule has 0 aromatic heterocycles. The molecule has 3 atom stereocenters. The molecule has 1 fully saturated rings. The van der Waals surface area contributed by atoms with Gasteiger partial charge in [-0.1, -0.05) is 12.1 Å². The molecule has 0 N–H and O–H groups in total. The summed E-state index contributed by atoms with van der Waals surface area (Å²) in [5, 5.41) is 8.38. The van der Waals surface area contributed by atoms with Crippen molar-refractivity contribution in [2.45, 2.75) is 11.2 Å². The van der Waals surface area contributed by atoms with Gasteiger partial charge in [0, 0.05) is 12.2 Å². The number of methoxy groups -OCH3 is 1. The topological polar surface area (TPSA) is 67.2 Å². The van der Waals surface area contributed by atoms with Crippen LogP contribution in [-0.4, -0.2) is 27.0 Å². The third-order valence-electron chi connectivity index (χ3n) is 3.10. The molecule has 2 rings (SSSR count). The summed E-state index contributed by atoms with van der Waals surface area (Å²) in [4.78, 5) is 0. The monoisotopic (exact) mass is 251 g/mol. The first kappa shape index (κ1) is 11.9. The zero-order valence-electron chi connectivity index (χ0n) is 9.62. The number of nitrogens with zero attached hydrogens (tertiary/aromatic N) is 1. The van der Waals surface area contributed by atoms with Crippen LogP contribution in [0.2, 0.25) is 0 Å². The summed E-state index contributed by atoms with van der Waals surface area (Å²) >= 11 is 0. The molecule has 90 valence electrons. The van der Waals surface area contributed by atoms with Crippen LogP contribution in [0.25, 0.3) is 0 Å². The highest BCUT2D eigenvalue weighted by Gasteiger charge is 2.57. The first-order chi connectivity index (χ1) is 7.99. The van der Waals surface area contributed by atoms with Gasteiger partial charge in [-0.15, -0.1) is 0 Å². The van der Waals surface area contributed by atoms with E-state index in [9.17, 15) is 8.42 Å². The smallest absolute Gasteiger partial charge is 0.152 e. The summed E-state index contributed by atoms with van der Waals surface area (Å²) < 4.78 is 28.0.